The Morgan fingerprint density at radius 2 is 1.98 bits per heavy atom. The number of rotatable bonds is 11. The van der Waals surface area contributed by atoms with Gasteiger partial charge in [-0.15, -0.1) is 11.3 Å². The SMILES string of the molecule is CC1(C)CNc2c(cc(CCC(=O)O)cc2S(=O)(=O)NC(Cc2nc3ccccc3s2)C(=O)N2CCC(CCF)CC2)C1. The van der Waals surface area contributed by atoms with Gasteiger partial charge in [0.05, 0.1) is 27.6 Å². The molecule has 0 spiro atoms. The highest BCUT2D eigenvalue weighted by Crippen LogP contribution is 2.38. The van der Waals surface area contributed by atoms with Crippen LogP contribution in [-0.4, -0.2) is 67.6 Å². The molecule has 5 rings (SSSR count). The van der Waals surface area contributed by atoms with Gasteiger partial charge >= 0.3 is 5.97 Å². The largest absolute Gasteiger partial charge is 0.481 e. The van der Waals surface area contributed by atoms with E-state index < -0.39 is 22.0 Å². The Kier molecular flexibility index (Phi) is 9.38. The number of likely N-dealkylation sites (tertiary alicyclic amines) is 1. The summed E-state index contributed by atoms with van der Waals surface area (Å²) in [6.07, 6.45) is 2.60. The molecule has 2 aromatic carbocycles. The molecule has 43 heavy (non-hydrogen) atoms. The number of anilines is 1. The molecule has 1 aromatic heterocycles. The van der Waals surface area contributed by atoms with Crippen LogP contribution in [0, 0.1) is 11.3 Å². The van der Waals surface area contributed by atoms with Crippen LogP contribution in [0.5, 0.6) is 0 Å². The number of aryl methyl sites for hydroxylation is 1. The second-order valence-corrected chi connectivity index (χ2v) is 15.2. The Bertz CT molecular complexity index is 1570. The van der Waals surface area contributed by atoms with Gasteiger partial charge in [0.2, 0.25) is 15.9 Å². The number of nitrogens with one attached hydrogen (secondary N) is 2. The number of amides is 1. The summed E-state index contributed by atoms with van der Waals surface area (Å²) in [4.78, 5) is 31.6. The molecule has 0 bridgehead atoms. The number of carboxylic acid groups (broad SMARTS) is 1. The smallest absolute Gasteiger partial charge is 0.303 e. The van der Waals surface area contributed by atoms with Crippen molar-refractivity contribution in [3.05, 3.63) is 52.5 Å². The molecule has 1 fully saturated rings. The van der Waals surface area contributed by atoms with Crippen LogP contribution >= 0.6 is 11.3 Å². The van der Waals surface area contributed by atoms with E-state index in [4.69, 9.17) is 0 Å². The third kappa shape index (κ3) is 7.53. The maximum atomic E-state index is 14.2. The van der Waals surface area contributed by atoms with E-state index in [9.17, 15) is 27.5 Å². The fourth-order valence-corrected chi connectivity index (χ4v) is 8.50. The summed E-state index contributed by atoms with van der Waals surface area (Å²) >= 11 is 1.43. The number of aromatic nitrogens is 1. The predicted octanol–water partition coefficient (Wildman–Crippen LogP) is 4.80. The minimum atomic E-state index is -4.23. The van der Waals surface area contributed by atoms with Crippen molar-refractivity contribution in [2.24, 2.45) is 11.3 Å². The average Bonchev–Trinajstić information content (AvgIpc) is 3.37. The van der Waals surface area contributed by atoms with Crippen molar-refractivity contribution in [1.82, 2.24) is 14.6 Å². The summed E-state index contributed by atoms with van der Waals surface area (Å²) in [6.45, 7) is 5.24. The fourth-order valence-electron chi connectivity index (χ4n) is 6.02. The predicted molar refractivity (Wildman–Crippen MR) is 166 cm³/mol. The highest BCUT2D eigenvalue weighted by Gasteiger charge is 2.35. The molecule has 2 aliphatic heterocycles. The lowest BCUT2D eigenvalue weighted by Gasteiger charge is -2.35. The molecule has 9 nitrogen and oxygen atoms in total. The molecule has 1 amide bonds. The van der Waals surface area contributed by atoms with Crippen LogP contribution < -0.4 is 10.0 Å². The second-order valence-electron chi connectivity index (χ2n) is 12.4. The number of fused-ring (bicyclic) bond motifs is 2. The number of thiazole rings is 1. The van der Waals surface area contributed by atoms with Gasteiger partial charge in [0, 0.05) is 32.5 Å². The number of halogens is 1. The Balaban J connectivity index is 1.48. The minimum Gasteiger partial charge on any atom is -0.481 e. The monoisotopic (exact) mass is 630 g/mol. The molecular formula is C31H39FN4O5S2. The van der Waals surface area contributed by atoms with Crippen molar-refractivity contribution >= 4 is 49.1 Å². The number of benzene rings is 2. The van der Waals surface area contributed by atoms with Crippen LogP contribution in [0.1, 0.15) is 55.7 Å². The number of hydrogen-bond donors (Lipinski definition) is 3. The Morgan fingerprint density at radius 1 is 1.23 bits per heavy atom. The maximum Gasteiger partial charge on any atom is 0.303 e. The number of para-hydroxylation sites is 1. The molecule has 0 aliphatic carbocycles. The number of aliphatic carboxylic acids is 1. The van der Waals surface area contributed by atoms with E-state index in [0.717, 1.165) is 15.8 Å². The van der Waals surface area contributed by atoms with Crippen molar-refractivity contribution in [2.75, 3.05) is 31.6 Å². The third-order valence-corrected chi connectivity index (χ3v) is 10.9. The van der Waals surface area contributed by atoms with E-state index in [0.29, 0.717) is 61.6 Å². The Hall–Kier alpha value is -3.09. The molecule has 12 heteroatoms. The summed E-state index contributed by atoms with van der Waals surface area (Å²) in [5.74, 6) is -1.08. The van der Waals surface area contributed by atoms with Crippen LogP contribution in [0.4, 0.5) is 10.1 Å². The fraction of sp³-hybridized carbons (Fsp3) is 0.516. The third-order valence-electron chi connectivity index (χ3n) is 8.33. The van der Waals surface area contributed by atoms with Crippen molar-refractivity contribution in [2.45, 2.75) is 69.7 Å². The van der Waals surface area contributed by atoms with Crippen molar-refractivity contribution < 1.29 is 27.5 Å². The first-order valence-corrected chi connectivity index (χ1v) is 17.1. The second kappa shape index (κ2) is 12.9. The van der Waals surface area contributed by atoms with Crippen molar-refractivity contribution in [1.29, 1.82) is 0 Å². The average molecular weight is 631 g/mol. The van der Waals surface area contributed by atoms with Crippen LogP contribution in [0.25, 0.3) is 10.2 Å². The minimum absolute atomic E-state index is 0.0182. The molecule has 3 aromatic rings. The van der Waals surface area contributed by atoms with Crippen LogP contribution in [0.15, 0.2) is 41.3 Å². The number of carbonyl (C=O) groups excluding carboxylic acids is 1. The number of hydrogen-bond acceptors (Lipinski definition) is 7. The number of alkyl halides is 1. The van der Waals surface area contributed by atoms with E-state index >= 15 is 0 Å². The molecule has 232 valence electrons. The van der Waals surface area contributed by atoms with Gasteiger partial charge in [-0.05, 0) is 72.8 Å². The normalized spacial score (nSPS) is 17.8. The van der Waals surface area contributed by atoms with Gasteiger partial charge in [-0.1, -0.05) is 32.0 Å². The molecule has 2 aliphatic rings. The number of carbonyl (C=O) groups is 2. The molecule has 1 saturated heterocycles. The lowest BCUT2D eigenvalue weighted by molar-refractivity contribution is -0.137. The van der Waals surface area contributed by atoms with E-state index in [1.807, 2.05) is 30.3 Å². The zero-order valence-electron chi connectivity index (χ0n) is 24.6. The van der Waals surface area contributed by atoms with Gasteiger partial charge in [-0.25, -0.2) is 13.4 Å². The molecule has 1 atom stereocenters. The van der Waals surface area contributed by atoms with Crippen LogP contribution in [0.3, 0.4) is 0 Å². The number of nitrogens with zero attached hydrogens (tertiary/aromatic N) is 2. The first kappa shape index (κ1) is 31.3. The lowest BCUT2D eigenvalue weighted by Crippen LogP contribution is -2.51. The Morgan fingerprint density at radius 3 is 2.67 bits per heavy atom. The number of carboxylic acids is 1. The van der Waals surface area contributed by atoms with E-state index in [2.05, 4.69) is 28.9 Å². The molecule has 0 saturated carbocycles. The van der Waals surface area contributed by atoms with Gasteiger partial charge in [0.15, 0.2) is 0 Å². The zero-order valence-corrected chi connectivity index (χ0v) is 26.2. The first-order valence-electron chi connectivity index (χ1n) is 14.8. The van der Waals surface area contributed by atoms with Crippen LogP contribution in [-0.2, 0) is 38.9 Å². The van der Waals surface area contributed by atoms with E-state index in [1.165, 1.54) is 17.4 Å². The highest BCUT2D eigenvalue weighted by atomic mass is 32.2. The molecule has 0 radical (unpaired) electrons. The lowest BCUT2D eigenvalue weighted by atomic mass is 9.81. The van der Waals surface area contributed by atoms with Gasteiger partial charge < -0.3 is 15.3 Å². The van der Waals surface area contributed by atoms with Crippen LogP contribution in [0.2, 0.25) is 0 Å². The molecule has 1 unspecified atom stereocenters. The summed E-state index contributed by atoms with van der Waals surface area (Å²) < 4.78 is 44.9. The topological polar surface area (TPSA) is 129 Å². The highest BCUT2D eigenvalue weighted by molar-refractivity contribution is 7.89. The van der Waals surface area contributed by atoms with E-state index in [-0.39, 0.29) is 48.1 Å². The van der Waals surface area contributed by atoms with Gasteiger partial charge in [-0.2, -0.15) is 4.72 Å². The van der Waals surface area contributed by atoms with Gasteiger partial charge in [-0.3, -0.25) is 14.0 Å². The standard InChI is InChI=1S/C31H39FN4O5S2/c1-31(2)18-22-15-21(7-8-28(37)38)16-26(29(22)33-19-31)43(40,41)35-24(17-27-34-23-5-3-4-6-25(23)42-27)30(39)36-13-10-20(9-12-32)11-14-36/h3-6,15-16,20,24,33,35H,7-14,17-19H2,1-2H3,(H,37,38). The summed E-state index contributed by atoms with van der Waals surface area (Å²) in [7, 11) is -4.23. The molecule has 3 N–H and O–H groups in total. The molecule has 3 heterocycles. The summed E-state index contributed by atoms with van der Waals surface area (Å²) in [6, 6.07) is 9.93. The van der Waals surface area contributed by atoms with Crippen molar-refractivity contribution in [3.8, 4) is 0 Å². The zero-order chi connectivity index (χ0) is 30.8. The van der Waals surface area contributed by atoms with E-state index in [1.54, 1.807) is 4.90 Å². The summed E-state index contributed by atoms with van der Waals surface area (Å²) in [5.41, 5.74) is 2.58. The number of piperidine rings is 1. The maximum absolute atomic E-state index is 14.2. The Labute approximate surface area is 255 Å². The van der Waals surface area contributed by atoms with Crippen molar-refractivity contribution in [3.63, 3.8) is 0 Å². The quantitative estimate of drug-likeness (QED) is 0.278. The molecular weight excluding hydrogens is 591 g/mol. The van der Waals surface area contributed by atoms with Gasteiger partial charge in [0.25, 0.3) is 0 Å². The first-order chi connectivity index (χ1) is 20.4. The summed E-state index contributed by atoms with van der Waals surface area (Å²) in [5, 5.41) is 13.2. The van der Waals surface area contributed by atoms with Gasteiger partial charge in [0.1, 0.15) is 10.9 Å². The number of sulfonamides is 1.